The van der Waals surface area contributed by atoms with Gasteiger partial charge in [-0.1, -0.05) is 36.4 Å². The van der Waals surface area contributed by atoms with E-state index in [1.54, 1.807) is 0 Å². The predicted octanol–water partition coefficient (Wildman–Crippen LogP) is 4.33. The second-order valence-electron chi connectivity index (χ2n) is 5.88. The molecule has 110 valence electrons. The van der Waals surface area contributed by atoms with Crippen molar-refractivity contribution in [2.45, 2.75) is 32.2 Å². The minimum Gasteiger partial charge on any atom is -0.383 e. The first-order valence-corrected chi connectivity index (χ1v) is 7.98. The molecular formula is C19H24N2. The van der Waals surface area contributed by atoms with E-state index in [0.717, 1.165) is 13.1 Å². The third kappa shape index (κ3) is 3.38. The molecule has 0 saturated heterocycles. The van der Waals surface area contributed by atoms with E-state index in [-0.39, 0.29) is 0 Å². The SMILES string of the molecule is CC(CNc1ccccc1)N1CCCCc2ccccc21. The molecule has 0 spiro atoms. The largest absolute Gasteiger partial charge is 0.383 e. The van der Waals surface area contributed by atoms with Crippen LogP contribution in [0, 0.1) is 0 Å². The van der Waals surface area contributed by atoms with Gasteiger partial charge in [0.1, 0.15) is 0 Å². The van der Waals surface area contributed by atoms with Gasteiger partial charge in [-0.2, -0.15) is 0 Å². The van der Waals surface area contributed by atoms with Gasteiger partial charge < -0.3 is 10.2 Å². The fraction of sp³-hybridized carbons (Fsp3) is 0.368. The Balaban J connectivity index is 1.70. The number of hydrogen-bond donors (Lipinski definition) is 1. The fourth-order valence-electron chi connectivity index (χ4n) is 3.11. The summed E-state index contributed by atoms with van der Waals surface area (Å²) in [6.07, 6.45) is 3.79. The van der Waals surface area contributed by atoms with Crippen LogP contribution in [-0.2, 0) is 6.42 Å². The van der Waals surface area contributed by atoms with Crippen LogP contribution in [0.15, 0.2) is 54.6 Å². The van der Waals surface area contributed by atoms with Gasteiger partial charge in [-0.15, -0.1) is 0 Å². The number of aryl methyl sites for hydroxylation is 1. The lowest BCUT2D eigenvalue weighted by Crippen LogP contribution is -2.38. The van der Waals surface area contributed by atoms with E-state index >= 15 is 0 Å². The monoisotopic (exact) mass is 280 g/mol. The van der Waals surface area contributed by atoms with Crippen LogP contribution < -0.4 is 10.2 Å². The number of rotatable bonds is 4. The van der Waals surface area contributed by atoms with Crippen molar-refractivity contribution in [1.82, 2.24) is 0 Å². The molecule has 1 N–H and O–H groups in total. The lowest BCUT2D eigenvalue weighted by molar-refractivity contribution is 0.634. The Morgan fingerprint density at radius 3 is 2.62 bits per heavy atom. The minimum absolute atomic E-state index is 0.490. The zero-order valence-electron chi connectivity index (χ0n) is 12.8. The quantitative estimate of drug-likeness (QED) is 0.896. The Kier molecular flexibility index (Phi) is 4.44. The van der Waals surface area contributed by atoms with Crippen LogP contribution in [-0.4, -0.2) is 19.1 Å². The number of fused-ring (bicyclic) bond motifs is 1. The number of para-hydroxylation sites is 2. The van der Waals surface area contributed by atoms with Crippen molar-refractivity contribution >= 4 is 11.4 Å². The molecule has 2 heteroatoms. The van der Waals surface area contributed by atoms with E-state index in [2.05, 4.69) is 71.7 Å². The molecular weight excluding hydrogens is 256 g/mol. The van der Waals surface area contributed by atoms with Crippen LogP contribution in [0.25, 0.3) is 0 Å². The van der Waals surface area contributed by atoms with Crippen molar-refractivity contribution in [3.63, 3.8) is 0 Å². The first-order chi connectivity index (χ1) is 10.3. The summed E-state index contributed by atoms with van der Waals surface area (Å²) in [5.41, 5.74) is 4.13. The number of nitrogens with zero attached hydrogens (tertiary/aromatic N) is 1. The smallest absolute Gasteiger partial charge is 0.0434 e. The van der Waals surface area contributed by atoms with Gasteiger partial charge in [0, 0.05) is 30.5 Å². The molecule has 3 rings (SSSR count). The standard InChI is InChI=1S/C19H24N2/c1-16(15-20-18-11-3-2-4-12-18)21-14-8-7-10-17-9-5-6-13-19(17)21/h2-6,9,11-13,16,20H,7-8,10,14-15H2,1H3. The molecule has 0 saturated carbocycles. The second-order valence-corrected chi connectivity index (χ2v) is 5.88. The molecule has 0 bridgehead atoms. The van der Waals surface area contributed by atoms with Crippen LogP contribution in [0.3, 0.4) is 0 Å². The van der Waals surface area contributed by atoms with Crippen molar-refractivity contribution in [2.24, 2.45) is 0 Å². The molecule has 2 nitrogen and oxygen atoms in total. The maximum absolute atomic E-state index is 3.55. The van der Waals surface area contributed by atoms with E-state index in [4.69, 9.17) is 0 Å². The molecule has 0 fully saturated rings. The van der Waals surface area contributed by atoms with E-state index < -0.39 is 0 Å². The van der Waals surface area contributed by atoms with Gasteiger partial charge in [-0.05, 0) is 49.9 Å². The number of anilines is 2. The molecule has 0 aliphatic carbocycles. The Morgan fingerprint density at radius 1 is 1.00 bits per heavy atom. The highest BCUT2D eigenvalue weighted by Gasteiger charge is 2.19. The zero-order valence-corrected chi connectivity index (χ0v) is 12.8. The van der Waals surface area contributed by atoms with Gasteiger partial charge in [0.05, 0.1) is 0 Å². The summed E-state index contributed by atoms with van der Waals surface area (Å²) < 4.78 is 0. The Labute approximate surface area is 127 Å². The molecule has 1 atom stereocenters. The first kappa shape index (κ1) is 14.0. The van der Waals surface area contributed by atoms with Crippen LogP contribution in [0.4, 0.5) is 11.4 Å². The van der Waals surface area contributed by atoms with E-state index in [1.807, 2.05) is 0 Å². The van der Waals surface area contributed by atoms with E-state index in [1.165, 1.54) is 36.2 Å². The Bertz CT molecular complexity index is 565. The lowest BCUT2D eigenvalue weighted by Gasteiger charge is -2.32. The summed E-state index contributed by atoms with van der Waals surface area (Å²) >= 11 is 0. The van der Waals surface area contributed by atoms with Crippen LogP contribution in [0.1, 0.15) is 25.3 Å². The summed E-state index contributed by atoms with van der Waals surface area (Å²) in [6.45, 7) is 4.45. The molecule has 21 heavy (non-hydrogen) atoms. The molecule has 2 aromatic rings. The third-order valence-corrected chi connectivity index (χ3v) is 4.30. The lowest BCUT2D eigenvalue weighted by atomic mass is 10.1. The highest BCUT2D eigenvalue weighted by atomic mass is 15.2. The number of nitrogens with one attached hydrogen (secondary N) is 1. The maximum Gasteiger partial charge on any atom is 0.0434 e. The van der Waals surface area contributed by atoms with Crippen LogP contribution in [0.2, 0.25) is 0 Å². The van der Waals surface area contributed by atoms with Crippen molar-refractivity contribution in [2.75, 3.05) is 23.3 Å². The summed E-state index contributed by atoms with van der Waals surface area (Å²) in [6, 6.07) is 19.8. The van der Waals surface area contributed by atoms with Crippen molar-refractivity contribution < 1.29 is 0 Å². The summed E-state index contributed by atoms with van der Waals surface area (Å²) in [5, 5.41) is 3.55. The normalized spacial score (nSPS) is 16.0. The van der Waals surface area contributed by atoms with Crippen molar-refractivity contribution in [3.05, 3.63) is 60.2 Å². The average molecular weight is 280 g/mol. The first-order valence-electron chi connectivity index (χ1n) is 7.98. The molecule has 0 aromatic heterocycles. The average Bonchev–Trinajstić information content (AvgIpc) is 2.76. The van der Waals surface area contributed by atoms with Gasteiger partial charge >= 0.3 is 0 Å². The fourth-order valence-corrected chi connectivity index (χ4v) is 3.11. The van der Waals surface area contributed by atoms with Gasteiger partial charge in [0.2, 0.25) is 0 Å². The Hall–Kier alpha value is -1.96. The highest BCUT2D eigenvalue weighted by molar-refractivity contribution is 5.55. The topological polar surface area (TPSA) is 15.3 Å². The molecule has 0 radical (unpaired) electrons. The molecule has 1 heterocycles. The number of benzene rings is 2. The van der Waals surface area contributed by atoms with Crippen molar-refractivity contribution in [1.29, 1.82) is 0 Å². The summed E-state index contributed by atoms with van der Waals surface area (Å²) in [4.78, 5) is 2.57. The molecule has 1 aliphatic heterocycles. The van der Waals surface area contributed by atoms with Gasteiger partial charge in [0.15, 0.2) is 0 Å². The molecule has 1 unspecified atom stereocenters. The van der Waals surface area contributed by atoms with Gasteiger partial charge in [-0.25, -0.2) is 0 Å². The molecule has 1 aliphatic rings. The van der Waals surface area contributed by atoms with E-state index in [0.29, 0.717) is 6.04 Å². The predicted molar refractivity (Wildman–Crippen MR) is 91.1 cm³/mol. The van der Waals surface area contributed by atoms with Gasteiger partial charge in [-0.3, -0.25) is 0 Å². The second kappa shape index (κ2) is 6.66. The summed E-state index contributed by atoms with van der Waals surface area (Å²) in [7, 11) is 0. The highest BCUT2D eigenvalue weighted by Crippen LogP contribution is 2.27. The molecule has 2 aromatic carbocycles. The van der Waals surface area contributed by atoms with Crippen LogP contribution >= 0.6 is 0 Å². The maximum atomic E-state index is 3.55. The molecule has 0 amide bonds. The summed E-state index contributed by atoms with van der Waals surface area (Å²) in [5.74, 6) is 0. The number of hydrogen-bond acceptors (Lipinski definition) is 2. The Morgan fingerprint density at radius 2 is 1.76 bits per heavy atom. The van der Waals surface area contributed by atoms with Gasteiger partial charge in [0.25, 0.3) is 0 Å². The van der Waals surface area contributed by atoms with E-state index in [9.17, 15) is 0 Å². The zero-order chi connectivity index (χ0) is 14.5. The van der Waals surface area contributed by atoms with Crippen molar-refractivity contribution in [3.8, 4) is 0 Å². The third-order valence-electron chi connectivity index (χ3n) is 4.30. The van der Waals surface area contributed by atoms with Crippen LogP contribution in [0.5, 0.6) is 0 Å². The minimum atomic E-state index is 0.490.